The van der Waals surface area contributed by atoms with E-state index in [0.717, 1.165) is 0 Å². The van der Waals surface area contributed by atoms with Crippen LogP contribution in [0.5, 0.6) is 0 Å². The van der Waals surface area contributed by atoms with Crippen LogP contribution in [0.3, 0.4) is 0 Å². The minimum absolute atomic E-state index is 0.290. The fraction of sp³-hybridized carbons (Fsp3) is 0.529. The van der Waals surface area contributed by atoms with Gasteiger partial charge in [-0.25, -0.2) is 0 Å². The molecule has 0 spiro atoms. The second kappa shape index (κ2) is 10.2. The topological polar surface area (TPSA) is 0 Å². The van der Waals surface area contributed by atoms with Crippen LogP contribution >= 0.6 is 15.8 Å². The normalized spacial score (nSPS) is 20.2. The summed E-state index contributed by atoms with van der Waals surface area (Å²) in [6.45, 7) is 29.9. The first kappa shape index (κ1) is 29.6. The van der Waals surface area contributed by atoms with Gasteiger partial charge in [0.15, 0.2) is 0 Å². The number of hydrogen-bond donors (Lipinski definition) is 0. The molecule has 37 heavy (non-hydrogen) atoms. The Morgan fingerprint density at radius 2 is 0.784 bits per heavy atom. The summed E-state index contributed by atoms with van der Waals surface area (Å²) in [6.07, 6.45) is 5.30. The predicted molar refractivity (Wildman–Crippen MR) is 167 cm³/mol. The van der Waals surface area contributed by atoms with Crippen LogP contribution in [0.4, 0.5) is 0 Å². The molecule has 0 N–H and O–H groups in total. The number of hydrogen-bond acceptors (Lipinski definition) is 0. The quantitative estimate of drug-likeness (QED) is 0.220. The molecule has 2 atom stereocenters. The maximum absolute atomic E-state index is 2.65. The molecule has 0 saturated carbocycles. The fourth-order valence-corrected chi connectivity index (χ4v) is 25.7. The third-order valence-corrected chi connectivity index (χ3v) is 23.1. The summed E-state index contributed by atoms with van der Waals surface area (Å²) in [4.78, 5) is 0. The summed E-state index contributed by atoms with van der Waals surface area (Å²) in [5.74, 6) is 0. The molecule has 0 nitrogen and oxygen atoms in total. The van der Waals surface area contributed by atoms with Crippen molar-refractivity contribution < 1.29 is 22.9 Å². The SMILES string of the molecule is CC(C)(C)P(C1=Cc2ccccc2[CH]1[Hf][CH]1C(P(C(C)(C)C)C(C)(C)C)=Cc2ccccc21)C(C)(C)C. The van der Waals surface area contributed by atoms with Crippen molar-refractivity contribution in [2.75, 3.05) is 0 Å². The van der Waals surface area contributed by atoms with Gasteiger partial charge in [0.25, 0.3) is 0 Å². The molecule has 3 heteroatoms. The van der Waals surface area contributed by atoms with Crippen molar-refractivity contribution in [2.24, 2.45) is 0 Å². The molecule has 198 valence electrons. The molecule has 2 aliphatic carbocycles. The molecule has 0 amide bonds. The van der Waals surface area contributed by atoms with E-state index in [0.29, 0.717) is 28.0 Å². The molecule has 4 rings (SSSR count). The zero-order chi connectivity index (χ0) is 27.6. The van der Waals surface area contributed by atoms with E-state index in [2.05, 4.69) is 144 Å². The van der Waals surface area contributed by atoms with Gasteiger partial charge in [-0.15, -0.1) is 0 Å². The predicted octanol–water partition coefficient (Wildman–Crippen LogP) is 11.4. The van der Waals surface area contributed by atoms with Gasteiger partial charge in [-0.3, -0.25) is 0 Å². The van der Waals surface area contributed by atoms with Crippen LogP contribution in [0.1, 0.15) is 113 Å². The van der Waals surface area contributed by atoms with Gasteiger partial charge in [-0.05, 0) is 0 Å². The van der Waals surface area contributed by atoms with Crippen LogP contribution in [0.25, 0.3) is 12.2 Å². The van der Waals surface area contributed by atoms with Gasteiger partial charge in [0, 0.05) is 0 Å². The second-order valence-electron chi connectivity index (χ2n) is 14.8. The van der Waals surface area contributed by atoms with E-state index >= 15 is 0 Å². The Bertz CT molecular complexity index is 1080. The molecule has 0 radical (unpaired) electrons. The molecule has 2 aromatic rings. The molecule has 0 heterocycles. The monoisotopic (exact) mass is 698 g/mol. The van der Waals surface area contributed by atoms with Crippen LogP contribution in [0.2, 0.25) is 0 Å². The van der Waals surface area contributed by atoms with Gasteiger partial charge in [0.05, 0.1) is 0 Å². The van der Waals surface area contributed by atoms with Crippen LogP contribution in [0.15, 0.2) is 59.2 Å². The van der Waals surface area contributed by atoms with Gasteiger partial charge in [0.1, 0.15) is 0 Å². The van der Waals surface area contributed by atoms with Crippen molar-refractivity contribution in [3.05, 3.63) is 81.4 Å². The summed E-state index contributed by atoms with van der Waals surface area (Å²) in [6, 6.07) is 18.8. The average Bonchev–Trinajstić information content (AvgIpc) is 3.23. The van der Waals surface area contributed by atoms with Crippen LogP contribution < -0.4 is 0 Å². The number of benzene rings is 2. The molecular formula is C34H48HfP2. The van der Waals surface area contributed by atoms with Gasteiger partial charge in [0.2, 0.25) is 0 Å². The van der Waals surface area contributed by atoms with Gasteiger partial charge in [-0.1, -0.05) is 0 Å². The van der Waals surface area contributed by atoms with E-state index in [1.54, 1.807) is 21.8 Å². The Balaban J connectivity index is 1.86. The summed E-state index contributed by atoms with van der Waals surface area (Å²) in [7, 11) is -0.592. The molecule has 0 fully saturated rings. The molecule has 0 aromatic heterocycles. The molecular weight excluding hydrogens is 649 g/mol. The molecule has 0 aliphatic heterocycles. The molecule has 0 bridgehead atoms. The zero-order valence-electron chi connectivity index (χ0n) is 25.3. The third kappa shape index (κ3) is 6.06. The van der Waals surface area contributed by atoms with E-state index in [1.165, 1.54) is 11.1 Å². The maximum atomic E-state index is 2.65. The minimum atomic E-state index is -1.27. The Hall–Kier alpha value is -0.350. The van der Waals surface area contributed by atoms with E-state index in [4.69, 9.17) is 0 Å². The van der Waals surface area contributed by atoms with E-state index in [1.807, 2.05) is 0 Å². The Morgan fingerprint density at radius 1 is 0.486 bits per heavy atom. The molecule has 2 unspecified atom stereocenters. The second-order valence-corrected chi connectivity index (χ2v) is 27.9. The van der Waals surface area contributed by atoms with Crippen LogP contribution in [-0.4, -0.2) is 20.6 Å². The van der Waals surface area contributed by atoms with Crippen molar-refractivity contribution >= 4 is 28.0 Å². The zero-order valence-corrected chi connectivity index (χ0v) is 30.7. The Morgan fingerprint density at radius 3 is 1.08 bits per heavy atom. The van der Waals surface area contributed by atoms with Crippen LogP contribution in [0, 0.1) is 0 Å². The van der Waals surface area contributed by atoms with E-state index < -0.39 is 22.9 Å². The van der Waals surface area contributed by atoms with Gasteiger partial charge in [-0.2, -0.15) is 0 Å². The first-order chi connectivity index (χ1) is 16.9. The van der Waals surface area contributed by atoms with Crippen molar-refractivity contribution in [1.29, 1.82) is 0 Å². The van der Waals surface area contributed by atoms with Gasteiger partial charge >= 0.3 is 243 Å². The molecule has 2 aromatic carbocycles. The van der Waals surface area contributed by atoms with Gasteiger partial charge < -0.3 is 0 Å². The first-order valence-electron chi connectivity index (χ1n) is 13.9. The average molecular weight is 697 g/mol. The van der Waals surface area contributed by atoms with Crippen molar-refractivity contribution in [2.45, 2.75) is 111 Å². The summed E-state index contributed by atoms with van der Waals surface area (Å²) in [5, 5.41) is 4.77. The van der Waals surface area contributed by atoms with E-state index in [9.17, 15) is 0 Å². The van der Waals surface area contributed by atoms with Crippen molar-refractivity contribution in [3.63, 3.8) is 0 Å². The number of allylic oxidation sites excluding steroid dienone is 2. The van der Waals surface area contributed by atoms with Crippen LogP contribution in [-0.2, 0) is 22.9 Å². The molecule has 2 aliphatic rings. The number of rotatable bonds is 4. The standard InChI is InChI=1S/2C17H24P.Hf/c2*1-16(2,3)18(17(4,5)6)15-11-13-9-7-8-10-14(13)12-15;/h2*7-12H,1-6H3;. The molecule has 0 saturated heterocycles. The Kier molecular flexibility index (Phi) is 8.20. The number of fused-ring (bicyclic) bond motifs is 2. The first-order valence-corrected chi connectivity index (χ1v) is 20.7. The summed E-state index contributed by atoms with van der Waals surface area (Å²) in [5.41, 5.74) is 6.28. The van der Waals surface area contributed by atoms with E-state index in [-0.39, 0.29) is 15.8 Å². The van der Waals surface area contributed by atoms with Crippen molar-refractivity contribution in [1.82, 2.24) is 0 Å². The Labute approximate surface area is 242 Å². The third-order valence-electron chi connectivity index (χ3n) is 7.35. The summed E-state index contributed by atoms with van der Waals surface area (Å²) >= 11 is -1.27. The van der Waals surface area contributed by atoms with Crippen molar-refractivity contribution in [3.8, 4) is 0 Å². The summed E-state index contributed by atoms with van der Waals surface area (Å²) < 4.78 is 1.36. The fourth-order valence-electron chi connectivity index (χ4n) is 7.08.